The van der Waals surface area contributed by atoms with Crippen molar-refractivity contribution in [1.82, 2.24) is 15.1 Å². The topological polar surface area (TPSA) is 59.3 Å². The number of nitrogens with one attached hydrogen (secondary N) is 1. The molecule has 0 fully saturated rings. The van der Waals surface area contributed by atoms with Gasteiger partial charge in [-0.05, 0) is 12.1 Å². The van der Waals surface area contributed by atoms with Crippen LogP contribution in [0.4, 0.5) is 0 Å². The second-order valence-electron chi connectivity index (χ2n) is 4.32. The number of ether oxygens (including phenoxy) is 1. The molecule has 5 heteroatoms. The SMILES string of the molecule is COc1ccccc1CNCC(O)Cn1cccn1. The predicted octanol–water partition coefficient (Wildman–Crippen LogP) is 1.04. The van der Waals surface area contributed by atoms with Gasteiger partial charge in [0.1, 0.15) is 5.75 Å². The molecule has 0 spiro atoms. The summed E-state index contributed by atoms with van der Waals surface area (Å²) in [4.78, 5) is 0. The first kappa shape index (κ1) is 13.6. The molecule has 102 valence electrons. The lowest BCUT2D eigenvalue weighted by atomic mass is 10.2. The lowest BCUT2D eigenvalue weighted by molar-refractivity contribution is 0.146. The highest BCUT2D eigenvalue weighted by Gasteiger charge is 2.06. The fourth-order valence-electron chi connectivity index (χ4n) is 1.91. The largest absolute Gasteiger partial charge is 0.496 e. The van der Waals surface area contributed by atoms with Crippen LogP contribution in [0.2, 0.25) is 0 Å². The van der Waals surface area contributed by atoms with Crippen molar-refractivity contribution in [1.29, 1.82) is 0 Å². The molecule has 0 aliphatic carbocycles. The molecule has 0 radical (unpaired) electrons. The van der Waals surface area contributed by atoms with Crippen LogP contribution in [0.25, 0.3) is 0 Å². The molecular weight excluding hydrogens is 242 g/mol. The zero-order chi connectivity index (χ0) is 13.5. The lowest BCUT2D eigenvalue weighted by Gasteiger charge is -2.13. The Hall–Kier alpha value is -1.85. The maximum Gasteiger partial charge on any atom is 0.123 e. The number of aromatic nitrogens is 2. The second-order valence-corrected chi connectivity index (χ2v) is 4.32. The van der Waals surface area contributed by atoms with Gasteiger partial charge >= 0.3 is 0 Å². The molecule has 0 aliphatic heterocycles. The van der Waals surface area contributed by atoms with Gasteiger partial charge in [-0.15, -0.1) is 0 Å². The highest BCUT2D eigenvalue weighted by atomic mass is 16.5. The van der Waals surface area contributed by atoms with Crippen molar-refractivity contribution in [2.45, 2.75) is 19.2 Å². The molecule has 2 rings (SSSR count). The summed E-state index contributed by atoms with van der Waals surface area (Å²) >= 11 is 0. The number of rotatable bonds is 7. The smallest absolute Gasteiger partial charge is 0.123 e. The van der Waals surface area contributed by atoms with E-state index in [-0.39, 0.29) is 0 Å². The first-order valence-corrected chi connectivity index (χ1v) is 6.27. The van der Waals surface area contributed by atoms with Gasteiger partial charge in [0.15, 0.2) is 0 Å². The number of aliphatic hydroxyl groups excluding tert-OH is 1. The third kappa shape index (κ3) is 4.08. The van der Waals surface area contributed by atoms with Gasteiger partial charge in [-0.1, -0.05) is 18.2 Å². The van der Waals surface area contributed by atoms with E-state index in [0.717, 1.165) is 11.3 Å². The van der Waals surface area contributed by atoms with E-state index < -0.39 is 6.10 Å². The maximum atomic E-state index is 9.87. The Bertz CT molecular complexity index is 485. The number of methoxy groups -OCH3 is 1. The Morgan fingerprint density at radius 1 is 1.37 bits per heavy atom. The van der Waals surface area contributed by atoms with Crippen molar-refractivity contribution in [2.24, 2.45) is 0 Å². The molecule has 5 nitrogen and oxygen atoms in total. The summed E-state index contributed by atoms with van der Waals surface area (Å²) in [6, 6.07) is 9.69. The van der Waals surface area contributed by atoms with E-state index in [4.69, 9.17) is 4.74 Å². The Labute approximate surface area is 112 Å². The Morgan fingerprint density at radius 3 is 2.95 bits per heavy atom. The molecule has 19 heavy (non-hydrogen) atoms. The van der Waals surface area contributed by atoms with E-state index in [1.54, 1.807) is 18.0 Å². The highest BCUT2D eigenvalue weighted by molar-refractivity contribution is 5.32. The Balaban J connectivity index is 1.76. The van der Waals surface area contributed by atoms with Crippen molar-refractivity contribution in [3.05, 3.63) is 48.3 Å². The van der Waals surface area contributed by atoms with Gasteiger partial charge in [-0.3, -0.25) is 4.68 Å². The first-order chi connectivity index (χ1) is 9.29. The normalized spacial score (nSPS) is 12.3. The third-order valence-corrected chi connectivity index (χ3v) is 2.84. The quantitative estimate of drug-likeness (QED) is 0.782. The van der Waals surface area contributed by atoms with E-state index in [2.05, 4.69) is 10.4 Å². The van der Waals surface area contributed by atoms with Crippen molar-refractivity contribution >= 4 is 0 Å². The van der Waals surface area contributed by atoms with Gasteiger partial charge in [-0.2, -0.15) is 5.10 Å². The minimum atomic E-state index is -0.463. The lowest BCUT2D eigenvalue weighted by Crippen LogP contribution is -2.30. The van der Waals surface area contributed by atoms with Crippen molar-refractivity contribution in [3.63, 3.8) is 0 Å². The summed E-state index contributed by atoms with van der Waals surface area (Å²) in [6.07, 6.45) is 3.08. The number of benzene rings is 1. The monoisotopic (exact) mass is 261 g/mol. The van der Waals surface area contributed by atoms with Crippen LogP contribution < -0.4 is 10.1 Å². The molecule has 1 aromatic carbocycles. The molecule has 0 saturated carbocycles. The molecule has 1 heterocycles. The summed E-state index contributed by atoms with van der Waals surface area (Å²) in [5.41, 5.74) is 1.08. The number of para-hydroxylation sites is 1. The molecule has 2 aromatic rings. The highest BCUT2D eigenvalue weighted by Crippen LogP contribution is 2.16. The summed E-state index contributed by atoms with van der Waals surface area (Å²) < 4.78 is 6.99. The van der Waals surface area contributed by atoms with Crippen LogP contribution in [0.5, 0.6) is 5.75 Å². The molecule has 0 bridgehead atoms. The summed E-state index contributed by atoms with van der Waals surface area (Å²) in [6.45, 7) is 1.67. The number of hydrogen-bond acceptors (Lipinski definition) is 4. The van der Waals surface area contributed by atoms with Crippen LogP contribution in [-0.4, -0.2) is 34.6 Å². The van der Waals surface area contributed by atoms with Crippen LogP contribution in [0, 0.1) is 0 Å². The Morgan fingerprint density at radius 2 is 2.21 bits per heavy atom. The van der Waals surface area contributed by atoms with Crippen molar-refractivity contribution < 1.29 is 9.84 Å². The van der Waals surface area contributed by atoms with Gasteiger partial charge < -0.3 is 15.2 Å². The second kappa shape index (κ2) is 6.92. The average molecular weight is 261 g/mol. The first-order valence-electron chi connectivity index (χ1n) is 6.27. The van der Waals surface area contributed by atoms with Crippen LogP contribution in [0.15, 0.2) is 42.7 Å². The fraction of sp³-hybridized carbons (Fsp3) is 0.357. The number of nitrogens with zero attached hydrogens (tertiary/aromatic N) is 2. The van der Waals surface area contributed by atoms with Crippen LogP contribution in [0.1, 0.15) is 5.56 Å². The van der Waals surface area contributed by atoms with Crippen LogP contribution in [0.3, 0.4) is 0 Å². The number of aliphatic hydroxyl groups is 1. The average Bonchev–Trinajstić information content (AvgIpc) is 2.92. The van der Waals surface area contributed by atoms with E-state index in [1.165, 1.54) is 0 Å². The molecule has 0 aliphatic rings. The van der Waals surface area contributed by atoms with Gasteiger partial charge in [0.25, 0.3) is 0 Å². The van der Waals surface area contributed by atoms with Gasteiger partial charge in [0.2, 0.25) is 0 Å². The summed E-state index contributed by atoms with van der Waals surface area (Å²) in [5.74, 6) is 0.858. The minimum absolute atomic E-state index is 0.463. The molecule has 0 saturated heterocycles. The summed E-state index contributed by atoms with van der Waals surface area (Å²) in [5, 5.41) is 17.1. The van der Waals surface area contributed by atoms with Crippen LogP contribution >= 0.6 is 0 Å². The van der Waals surface area contributed by atoms with Crippen LogP contribution in [-0.2, 0) is 13.1 Å². The fourth-order valence-corrected chi connectivity index (χ4v) is 1.91. The Kier molecular flexibility index (Phi) is 4.94. The molecule has 1 atom stereocenters. The molecule has 1 aromatic heterocycles. The number of hydrogen-bond donors (Lipinski definition) is 2. The zero-order valence-electron chi connectivity index (χ0n) is 11.0. The predicted molar refractivity (Wildman–Crippen MR) is 72.9 cm³/mol. The van der Waals surface area contributed by atoms with Crippen molar-refractivity contribution in [3.8, 4) is 5.75 Å². The minimum Gasteiger partial charge on any atom is -0.496 e. The molecule has 0 amide bonds. The third-order valence-electron chi connectivity index (χ3n) is 2.84. The zero-order valence-corrected chi connectivity index (χ0v) is 11.0. The van der Waals surface area contributed by atoms with E-state index in [0.29, 0.717) is 19.6 Å². The van der Waals surface area contributed by atoms with Crippen molar-refractivity contribution in [2.75, 3.05) is 13.7 Å². The van der Waals surface area contributed by atoms with Gasteiger partial charge in [0, 0.05) is 31.0 Å². The standard InChI is InChI=1S/C14H19N3O2/c1-19-14-6-3-2-5-12(14)9-15-10-13(18)11-17-8-4-7-16-17/h2-8,13,15,18H,9-11H2,1H3. The van der Waals surface area contributed by atoms with Gasteiger partial charge in [0.05, 0.1) is 19.8 Å². The van der Waals surface area contributed by atoms with E-state index in [9.17, 15) is 5.11 Å². The van der Waals surface area contributed by atoms with E-state index in [1.807, 2.05) is 36.5 Å². The molecular formula is C14H19N3O2. The molecule has 1 unspecified atom stereocenters. The van der Waals surface area contributed by atoms with E-state index >= 15 is 0 Å². The summed E-state index contributed by atoms with van der Waals surface area (Å²) in [7, 11) is 1.66. The maximum absolute atomic E-state index is 9.87. The van der Waals surface area contributed by atoms with Gasteiger partial charge in [-0.25, -0.2) is 0 Å². The molecule has 2 N–H and O–H groups in total.